The van der Waals surface area contributed by atoms with Gasteiger partial charge in [-0.1, -0.05) is 96.6 Å². The third kappa shape index (κ3) is 4.13. The number of carbonyl (C=O) groups excluding carboxylic acids is 2. The van der Waals surface area contributed by atoms with Crippen molar-refractivity contribution in [3.63, 3.8) is 0 Å². The molecule has 30 heavy (non-hydrogen) atoms. The van der Waals surface area contributed by atoms with Gasteiger partial charge in [-0.25, -0.2) is 0 Å². The van der Waals surface area contributed by atoms with Crippen LogP contribution in [0, 0.1) is 6.92 Å². The minimum absolute atomic E-state index is 0.00208. The molecule has 4 rings (SSSR count). The Labute approximate surface area is 176 Å². The molecule has 2 nitrogen and oxygen atoms in total. The van der Waals surface area contributed by atoms with Gasteiger partial charge in [-0.2, -0.15) is 0 Å². The summed E-state index contributed by atoms with van der Waals surface area (Å²) in [6.07, 6.45) is 6.46. The van der Waals surface area contributed by atoms with Gasteiger partial charge in [0.05, 0.1) is 0 Å². The molecule has 3 aromatic carbocycles. The van der Waals surface area contributed by atoms with Gasteiger partial charge in [0.2, 0.25) is 0 Å². The molecule has 0 unspecified atom stereocenters. The molecule has 0 spiro atoms. The summed E-state index contributed by atoms with van der Waals surface area (Å²) in [4.78, 5) is 25.4. The fourth-order valence-corrected chi connectivity index (χ4v) is 3.55. The number of ketones is 2. The molecule has 1 aliphatic rings. The molecule has 0 aliphatic heterocycles. The fraction of sp³-hybridized carbons (Fsp3) is 0.0714. The zero-order chi connectivity index (χ0) is 21.1. The normalized spacial score (nSPS) is 13.1. The third-order valence-corrected chi connectivity index (χ3v) is 5.21. The summed E-state index contributed by atoms with van der Waals surface area (Å²) in [5, 5.41) is 0. The van der Waals surface area contributed by atoms with Crippen molar-refractivity contribution < 1.29 is 9.59 Å². The zero-order valence-electron chi connectivity index (χ0n) is 16.9. The first kappa shape index (κ1) is 19.5. The lowest BCUT2D eigenvalue weighted by molar-refractivity contribution is 0.103. The highest BCUT2D eigenvalue weighted by atomic mass is 16.1. The predicted octanol–water partition coefficient (Wildman–Crippen LogP) is 6.52. The Hall–Kier alpha value is -3.78. The van der Waals surface area contributed by atoms with E-state index in [1.807, 2.05) is 97.9 Å². The zero-order valence-corrected chi connectivity index (χ0v) is 16.9. The summed E-state index contributed by atoms with van der Waals surface area (Å²) in [6, 6.07) is 22.8. The van der Waals surface area contributed by atoms with Crippen LogP contribution in [-0.4, -0.2) is 11.6 Å². The number of carbonyl (C=O) groups is 2. The second-order valence-corrected chi connectivity index (χ2v) is 7.55. The molecule has 0 aromatic heterocycles. The molecule has 0 saturated carbocycles. The maximum absolute atomic E-state index is 12.7. The highest BCUT2D eigenvalue weighted by molar-refractivity contribution is 6.11. The molecule has 146 valence electrons. The Morgan fingerprint density at radius 2 is 1.37 bits per heavy atom. The molecular formula is C28H22O2. The molecule has 0 fully saturated rings. The average Bonchev–Trinajstić information content (AvgIpc) is 2.78. The second-order valence-electron chi connectivity index (χ2n) is 7.55. The van der Waals surface area contributed by atoms with Crippen LogP contribution in [0.1, 0.15) is 38.3 Å². The smallest absolute Gasteiger partial charge is 0.193 e. The first-order valence-electron chi connectivity index (χ1n) is 9.94. The van der Waals surface area contributed by atoms with E-state index < -0.39 is 0 Å². The average molecular weight is 390 g/mol. The monoisotopic (exact) mass is 390 g/mol. The largest absolute Gasteiger partial charge is 0.289 e. The van der Waals surface area contributed by atoms with E-state index in [1.165, 1.54) is 0 Å². The Kier molecular flexibility index (Phi) is 5.40. The van der Waals surface area contributed by atoms with Crippen LogP contribution in [0.3, 0.4) is 0 Å². The Morgan fingerprint density at radius 3 is 1.93 bits per heavy atom. The maximum Gasteiger partial charge on any atom is 0.193 e. The van der Waals surface area contributed by atoms with Crippen LogP contribution in [0.4, 0.5) is 0 Å². The van der Waals surface area contributed by atoms with E-state index in [1.54, 1.807) is 0 Å². The van der Waals surface area contributed by atoms with E-state index in [-0.39, 0.29) is 11.6 Å². The van der Waals surface area contributed by atoms with Crippen molar-refractivity contribution in [2.45, 2.75) is 13.3 Å². The van der Waals surface area contributed by atoms with Crippen LogP contribution in [0.15, 0.2) is 109 Å². The predicted molar refractivity (Wildman–Crippen MR) is 122 cm³/mol. The Bertz CT molecular complexity index is 1190. The number of Topliss-reactive ketones (excluding diaryl/α,β-unsaturated/α-hetero) is 1. The number of rotatable bonds is 5. The van der Waals surface area contributed by atoms with Gasteiger partial charge in [0, 0.05) is 22.3 Å². The van der Waals surface area contributed by atoms with Gasteiger partial charge < -0.3 is 0 Å². The van der Waals surface area contributed by atoms with Gasteiger partial charge in [-0.15, -0.1) is 0 Å². The summed E-state index contributed by atoms with van der Waals surface area (Å²) in [7, 11) is 0. The van der Waals surface area contributed by atoms with Crippen molar-refractivity contribution in [3.8, 4) is 11.1 Å². The fourth-order valence-electron chi connectivity index (χ4n) is 3.55. The summed E-state index contributed by atoms with van der Waals surface area (Å²) in [5.41, 5.74) is 6.67. The molecule has 0 atom stereocenters. The van der Waals surface area contributed by atoms with E-state index in [9.17, 15) is 9.59 Å². The third-order valence-electron chi connectivity index (χ3n) is 5.21. The molecular weight excluding hydrogens is 368 g/mol. The summed E-state index contributed by atoms with van der Waals surface area (Å²) < 4.78 is 0. The molecule has 0 heterocycles. The molecule has 0 saturated heterocycles. The topological polar surface area (TPSA) is 34.1 Å². The SMILES string of the molecule is C=C1C=C(C(=O)c2ccc(-c3ccc(C(=O)c4cccc(C)c4)cc3)cc2)C=CC1. The van der Waals surface area contributed by atoms with E-state index in [0.29, 0.717) is 22.3 Å². The molecule has 1 aliphatic carbocycles. The van der Waals surface area contributed by atoms with Gasteiger partial charge in [0.1, 0.15) is 0 Å². The number of allylic oxidation sites excluding steroid dienone is 5. The van der Waals surface area contributed by atoms with Crippen molar-refractivity contribution in [2.24, 2.45) is 0 Å². The highest BCUT2D eigenvalue weighted by Crippen LogP contribution is 2.24. The number of aryl methyl sites for hydroxylation is 1. The lowest BCUT2D eigenvalue weighted by atomic mass is 9.94. The summed E-state index contributed by atoms with van der Waals surface area (Å²) >= 11 is 0. The quantitative estimate of drug-likeness (QED) is 0.465. The van der Waals surface area contributed by atoms with Crippen LogP contribution >= 0.6 is 0 Å². The van der Waals surface area contributed by atoms with Crippen LogP contribution in [0.5, 0.6) is 0 Å². The number of benzene rings is 3. The van der Waals surface area contributed by atoms with E-state index >= 15 is 0 Å². The Balaban J connectivity index is 1.52. The molecule has 0 bridgehead atoms. The van der Waals surface area contributed by atoms with Crippen LogP contribution < -0.4 is 0 Å². The van der Waals surface area contributed by atoms with Crippen LogP contribution in [0.2, 0.25) is 0 Å². The molecule has 3 aromatic rings. The number of hydrogen-bond acceptors (Lipinski definition) is 2. The summed E-state index contributed by atoms with van der Waals surface area (Å²) in [5.74, 6) is 0.0133. The summed E-state index contributed by atoms with van der Waals surface area (Å²) in [6.45, 7) is 5.91. The first-order valence-corrected chi connectivity index (χ1v) is 9.94. The second kappa shape index (κ2) is 8.30. The lowest BCUT2D eigenvalue weighted by Crippen LogP contribution is -2.04. The van der Waals surface area contributed by atoms with Gasteiger partial charge in [-0.3, -0.25) is 9.59 Å². The first-order chi connectivity index (χ1) is 14.5. The van der Waals surface area contributed by atoms with Crippen molar-refractivity contribution in [3.05, 3.63) is 131 Å². The van der Waals surface area contributed by atoms with Gasteiger partial charge in [0.25, 0.3) is 0 Å². The van der Waals surface area contributed by atoms with E-state index in [2.05, 4.69) is 6.58 Å². The lowest BCUT2D eigenvalue weighted by Gasteiger charge is -2.09. The van der Waals surface area contributed by atoms with Crippen molar-refractivity contribution in [1.29, 1.82) is 0 Å². The van der Waals surface area contributed by atoms with Crippen molar-refractivity contribution >= 4 is 11.6 Å². The molecule has 0 radical (unpaired) electrons. The van der Waals surface area contributed by atoms with E-state index in [4.69, 9.17) is 0 Å². The maximum atomic E-state index is 12.7. The molecule has 0 amide bonds. The molecule has 2 heteroatoms. The Morgan fingerprint density at radius 1 is 0.767 bits per heavy atom. The minimum atomic E-state index is -0.00208. The number of hydrogen-bond donors (Lipinski definition) is 0. The van der Waals surface area contributed by atoms with Crippen LogP contribution in [0.25, 0.3) is 11.1 Å². The highest BCUT2D eigenvalue weighted by Gasteiger charge is 2.13. The van der Waals surface area contributed by atoms with Gasteiger partial charge in [0.15, 0.2) is 11.6 Å². The van der Waals surface area contributed by atoms with Crippen molar-refractivity contribution in [1.82, 2.24) is 0 Å². The standard InChI is InChI=1S/C28H22O2/c1-19-5-3-7-25(17-19)27(29)23-13-9-21(10-14-23)22-11-15-24(16-12-22)28(30)26-8-4-6-20(2)18-26/h3-4,6-18H,1,5H2,2H3. The van der Waals surface area contributed by atoms with E-state index in [0.717, 1.165) is 28.7 Å². The molecule has 0 N–H and O–H groups in total. The van der Waals surface area contributed by atoms with Gasteiger partial charge >= 0.3 is 0 Å². The van der Waals surface area contributed by atoms with Crippen LogP contribution in [-0.2, 0) is 0 Å². The minimum Gasteiger partial charge on any atom is -0.289 e. The van der Waals surface area contributed by atoms with Crippen molar-refractivity contribution in [2.75, 3.05) is 0 Å². The van der Waals surface area contributed by atoms with Gasteiger partial charge in [-0.05, 0) is 36.6 Å².